The predicted molar refractivity (Wildman–Crippen MR) is 80.3 cm³/mol. The van der Waals surface area contributed by atoms with Gasteiger partial charge in [-0.1, -0.05) is 13.3 Å². The zero-order valence-corrected chi connectivity index (χ0v) is 15.7. The Kier molecular flexibility index (Phi) is 8.38. The molecule has 1 fully saturated rings. The molecule has 0 aromatic carbocycles. The van der Waals surface area contributed by atoms with Crippen LogP contribution in [0.2, 0.25) is 0 Å². The van der Waals surface area contributed by atoms with Gasteiger partial charge in [0.15, 0.2) is 0 Å². The van der Waals surface area contributed by atoms with Gasteiger partial charge >= 0.3 is 23.8 Å². The van der Waals surface area contributed by atoms with Gasteiger partial charge in [0.25, 0.3) is 0 Å². The van der Waals surface area contributed by atoms with Crippen molar-refractivity contribution in [2.75, 3.05) is 13.7 Å². The molecule has 24 heavy (non-hydrogen) atoms. The highest BCUT2D eigenvalue weighted by Gasteiger charge is 2.55. The van der Waals surface area contributed by atoms with Crippen molar-refractivity contribution >= 4 is 23.8 Å². The average molecular weight is 415 g/mol. The molecule has 0 aliphatic carbocycles. The van der Waals surface area contributed by atoms with Gasteiger partial charge in [-0.2, -0.15) is 9.79 Å². The quantitative estimate of drug-likeness (QED) is 0.318. The molecule has 4 unspecified atom stereocenters. The maximum atomic E-state index is 11.7. The van der Waals surface area contributed by atoms with Crippen LogP contribution in [-0.4, -0.2) is 56.5 Å². The van der Waals surface area contributed by atoms with Crippen molar-refractivity contribution in [3.05, 3.63) is 0 Å². The Morgan fingerprint density at radius 3 is 2.33 bits per heavy atom. The molecule has 0 saturated carbocycles. The molecule has 0 radical (unpaired) electrons. The van der Waals surface area contributed by atoms with Crippen LogP contribution < -0.4 is 0 Å². The standard InChI is InChI=1S/C9H21O12P3/c1-3-4-7-5-8(17-2)9(19-7)6-18-23(13,14)21-24(15,16)20-22(10,11)12/h7-9,15-16H,3-6H2,1-2H3,(H2-,10,11,12,13,14)/p+1. The van der Waals surface area contributed by atoms with Gasteiger partial charge < -0.3 is 24.2 Å². The smallest absolute Gasteiger partial charge is 0.379 e. The summed E-state index contributed by atoms with van der Waals surface area (Å²) >= 11 is 0. The molecule has 1 saturated heterocycles. The van der Waals surface area contributed by atoms with E-state index in [-0.39, 0.29) is 6.10 Å². The normalized spacial score (nSPS) is 28.0. The van der Waals surface area contributed by atoms with Crippen LogP contribution in [0, 0.1) is 0 Å². The largest absolute Gasteiger partial charge is 0.591 e. The Labute approximate surface area is 139 Å². The van der Waals surface area contributed by atoms with Crippen LogP contribution in [0.15, 0.2) is 0 Å². The molecule has 144 valence electrons. The summed E-state index contributed by atoms with van der Waals surface area (Å²) in [6.07, 6.45) is 1.01. The van der Waals surface area contributed by atoms with E-state index >= 15 is 0 Å². The summed E-state index contributed by atoms with van der Waals surface area (Å²) in [6, 6.07) is 0. The summed E-state index contributed by atoms with van der Waals surface area (Å²) in [5.74, 6) is 0. The molecule has 0 spiro atoms. The van der Waals surface area contributed by atoms with Crippen molar-refractivity contribution in [2.45, 2.75) is 44.5 Å². The monoisotopic (exact) mass is 415 g/mol. The maximum absolute atomic E-state index is 11.7. The highest BCUT2D eigenvalue weighted by molar-refractivity contribution is 7.70. The van der Waals surface area contributed by atoms with Crippen LogP contribution in [0.25, 0.3) is 0 Å². The van der Waals surface area contributed by atoms with E-state index in [0.717, 1.165) is 12.8 Å². The molecule has 12 nitrogen and oxygen atoms in total. The third kappa shape index (κ3) is 8.25. The molecule has 5 N–H and O–H groups in total. The summed E-state index contributed by atoms with van der Waals surface area (Å²) in [7, 11) is -14.3. The fourth-order valence-electron chi connectivity index (χ4n) is 2.18. The summed E-state index contributed by atoms with van der Waals surface area (Å²) in [6.45, 7) is 1.50. The van der Waals surface area contributed by atoms with Crippen LogP contribution in [0.4, 0.5) is 0 Å². The predicted octanol–water partition coefficient (Wildman–Crippen LogP) is 0.864. The van der Waals surface area contributed by atoms with Gasteiger partial charge in [0.05, 0.1) is 18.8 Å². The van der Waals surface area contributed by atoms with E-state index in [0.29, 0.717) is 6.42 Å². The van der Waals surface area contributed by atoms with E-state index < -0.39 is 42.6 Å². The first kappa shape index (κ1) is 22.5. The van der Waals surface area contributed by atoms with Gasteiger partial charge in [0.2, 0.25) is 0 Å². The van der Waals surface area contributed by atoms with Gasteiger partial charge in [-0.25, -0.2) is 9.13 Å². The first-order valence-electron chi connectivity index (χ1n) is 6.86. The molecule has 0 bridgehead atoms. The van der Waals surface area contributed by atoms with Gasteiger partial charge in [-0.15, -0.1) is 0 Å². The summed E-state index contributed by atoms with van der Waals surface area (Å²) in [5.41, 5.74) is 0. The Hall–Kier alpha value is 0.490. The van der Waals surface area contributed by atoms with E-state index in [1.165, 1.54) is 7.11 Å². The van der Waals surface area contributed by atoms with Crippen LogP contribution in [0.1, 0.15) is 26.2 Å². The van der Waals surface area contributed by atoms with Crippen LogP contribution in [-0.2, 0) is 31.7 Å². The zero-order chi connectivity index (χ0) is 18.6. The summed E-state index contributed by atoms with van der Waals surface area (Å²) in [4.78, 5) is 44.7. The molecule has 1 aliphatic heterocycles. The van der Waals surface area contributed by atoms with Crippen molar-refractivity contribution in [1.82, 2.24) is 0 Å². The Morgan fingerprint density at radius 1 is 1.21 bits per heavy atom. The molecule has 15 heteroatoms. The van der Waals surface area contributed by atoms with Crippen molar-refractivity contribution in [1.29, 1.82) is 0 Å². The first-order valence-corrected chi connectivity index (χ1v) is 11.4. The number of hydrogen-bond acceptors (Lipinski definition) is 9. The molecule has 1 aliphatic rings. The molecule has 1 heterocycles. The van der Waals surface area contributed by atoms with E-state index in [9.17, 15) is 14.0 Å². The van der Waals surface area contributed by atoms with Crippen LogP contribution in [0.3, 0.4) is 0 Å². The second-order valence-electron chi connectivity index (χ2n) is 5.00. The topological polar surface area (TPSA) is 181 Å². The molecule has 0 amide bonds. The summed E-state index contributed by atoms with van der Waals surface area (Å²) in [5, 5.41) is 0. The SMILES string of the molecule is CCCC1CC(OC)C(COP(=O)(O)O[P+](O)(O)OP(=O)(O)O)O1. The van der Waals surface area contributed by atoms with Gasteiger partial charge in [0.1, 0.15) is 6.10 Å². The van der Waals surface area contributed by atoms with E-state index in [1.807, 2.05) is 6.92 Å². The minimum atomic E-state index is -5.35. The number of phosphoric ester groups is 1. The van der Waals surface area contributed by atoms with Crippen molar-refractivity contribution in [2.24, 2.45) is 0 Å². The first-order chi connectivity index (χ1) is 10.9. The lowest BCUT2D eigenvalue weighted by Crippen LogP contribution is -2.28. The molecule has 0 aromatic heterocycles. The van der Waals surface area contributed by atoms with E-state index in [4.69, 9.17) is 29.0 Å². The number of ether oxygens (including phenoxy) is 2. The lowest BCUT2D eigenvalue weighted by atomic mass is 10.1. The molecule has 0 aromatic rings. The van der Waals surface area contributed by atoms with Crippen LogP contribution >= 0.6 is 23.8 Å². The summed E-state index contributed by atoms with van der Waals surface area (Å²) < 4.78 is 45.0. The Bertz CT molecular complexity index is 492. The molecule has 4 atom stereocenters. The van der Waals surface area contributed by atoms with Gasteiger partial charge in [-0.3, -0.25) is 4.52 Å². The van der Waals surface area contributed by atoms with E-state index in [2.05, 4.69) is 13.1 Å². The fraction of sp³-hybridized carbons (Fsp3) is 1.00. The minimum Gasteiger partial charge on any atom is -0.379 e. The second-order valence-corrected chi connectivity index (χ2v) is 9.47. The Balaban J connectivity index is 2.58. The lowest BCUT2D eigenvalue weighted by molar-refractivity contribution is -0.0348. The highest BCUT2D eigenvalue weighted by atomic mass is 31.3. The second kappa shape index (κ2) is 8.92. The third-order valence-corrected chi connectivity index (χ3v) is 6.87. The molecular formula is C9H22O12P3+. The van der Waals surface area contributed by atoms with E-state index in [1.54, 1.807) is 0 Å². The lowest BCUT2D eigenvalue weighted by Gasteiger charge is -2.19. The van der Waals surface area contributed by atoms with Crippen LogP contribution in [0.5, 0.6) is 0 Å². The maximum Gasteiger partial charge on any atom is 0.591 e. The molecule has 1 rings (SSSR count). The fourth-order valence-corrected chi connectivity index (χ4v) is 5.28. The van der Waals surface area contributed by atoms with Gasteiger partial charge in [0, 0.05) is 13.5 Å². The van der Waals surface area contributed by atoms with Gasteiger partial charge in [-0.05, 0) is 15.0 Å². The van der Waals surface area contributed by atoms with Crippen molar-refractivity contribution < 1.29 is 56.2 Å². The average Bonchev–Trinajstić information content (AvgIpc) is 2.75. The number of phosphoric acid groups is 2. The Morgan fingerprint density at radius 2 is 1.83 bits per heavy atom. The number of methoxy groups -OCH3 is 1. The van der Waals surface area contributed by atoms with Crippen molar-refractivity contribution in [3.8, 4) is 0 Å². The number of rotatable bonds is 10. The zero-order valence-electron chi connectivity index (χ0n) is 13.0. The minimum absolute atomic E-state index is 0.104. The molecular weight excluding hydrogens is 393 g/mol. The third-order valence-electron chi connectivity index (χ3n) is 3.01. The number of hydrogen-bond donors (Lipinski definition) is 5. The van der Waals surface area contributed by atoms with Crippen molar-refractivity contribution in [3.63, 3.8) is 0 Å². The highest BCUT2D eigenvalue weighted by Crippen LogP contribution is 2.71.